The highest BCUT2D eigenvalue weighted by Crippen LogP contribution is 2.37. The Morgan fingerprint density at radius 1 is 1.00 bits per heavy atom. The highest BCUT2D eigenvalue weighted by Gasteiger charge is 2.43. The molecule has 154 valence electrons. The average molecular weight is 420 g/mol. The van der Waals surface area contributed by atoms with E-state index in [4.69, 9.17) is 0 Å². The summed E-state index contributed by atoms with van der Waals surface area (Å²) in [7, 11) is 0. The number of nitrogens with one attached hydrogen (secondary N) is 2. The van der Waals surface area contributed by atoms with Gasteiger partial charge in [0.05, 0.1) is 5.69 Å². The third kappa shape index (κ3) is 4.03. The van der Waals surface area contributed by atoms with E-state index in [1.807, 2.05) is 0 Å². The monoisotopic (exact) mass is 420 g/mol. The first kappa shape index (κ1) is 20.6. The van der Waals surface area contributed by atoms with Crippen LogP contribution in [0.15, 0.2) is 30.3 Å². The minimum absolute atomic E-state index is 0.285. The Morgan fingerprint density at radius 3 is 2.17 bits per heavy atom. The summed E-state index contributed by atoms with van der Waals surface area (Å²) >= 11 is 0. The van der Waals surface area contributed by atoms with Crippen molar-refractivity contribution in [2.45, 2.75) is 12.1 Å². The number of rotatable bonds is 3. The van der Waals surface area contributed by atoms with Crippen molar-refractivity contribution in [2.24, 2.45) is 5.92 Å². The van der Waals surface area contributed by atoms with Crippen LogP contribution in [0.1, 0.15) is 17.0 Å². The third-order valence-corrected chi connectivity index (χ3v) is 4.43. The van der Waals surface area contributed by atoms with Gasteiger partial charge in [-0.1, -0.05) is 0 Å². The molecule has 11 heteroatoms. The molecule has 0 bridgehead atoms. The molecule has 1 aliphatic heterocycles. The highest BCUT2D eigenvalue weighted by atomic mass is 19.4. The van der Waals surface area contributed by atoms with Crippen molar-refractivity contribution in [3.8, 4) is 0 Å². The molecule has 2 N–H and O–H groups in total. The molecule has 0 aliphatic carbocycles. The topological polar surface area (TPSA) is 58.2 Å². The van der Waals surface area contributed by atoms with Crippen LogP contribution < -0.4 is 10.6 Å². The lowest BCUT2D eigenvalue weighted by Gasteiger charge is -2.19. The number of halogens is 7. The van der Waals surface area contributed by atoms with Crippen LogP contribution in [-0.4, -0.2) is 18.4 Å². The molecule has 0 unspecified atom stereocenters. The van der Waals surface area contributed by atoms with E-state index in [0.717, 1.165) is 12.1 Å². The Balaban J connectivity index is 1.92. The maximum Gasteiger partial charge on any atom is 0.422 e. The number of benzene rings is 2. The molecule has 29 heavy (non-hydrogen) atoms. The molecule has 2 aromatic rings. The Hall–Kier alpha value is -3.11. The van der Waals surface area contributed by atoms with Gasteiger partial charge in [-0.15, -0.1) is 0 Å². The van der Waals surface area contributed by atoms with E-state index in [2.05, 4.69) is 10.6 Å². The van der Waals surface area contributed by atoms with Gasteiger partial charge in [0, 0.05) is 18.5 Å². The van der Waals surface area contributed by atoms with Gasteiger partial charge in [0.2, 0.25) is 11.8 Å². The summed E-state index contributed by atoms with van der Waals surface area (Å²) in [6.45, 7) is -0.285. The van der Waals surface area contributed by atoms with E-state index in [9.17, 15) is 40.3 Å². The lowest BCUT2D eigenvalue weighted by atomic mass is 9.87. The molecule has 0 spiro atoms. The van der Waals surface area contributed by atoms with Gasteiger partial charge in [0.25, 0.3) is 0 Å². The first-order valence-corrected chi connectivity index (χ1v) is 8.09. The van der Waals surface area contributed by atoms with Gasteiger partial charge in [-0.2, -0.15) is 13.2 Å². The number of carbonyl (C=O) groups excluding carboxylic acids is 2. The maximum atomic E-state index is 13.9. The normalized spacial score (nSPS) is 19.2. The molecule has 1 saturated heterocycles. The van der Waals surface area contributed by atoms with Crippen LogP contribution in [0.25, 0.3) is 0 Å². The van der Waals surface area contributed by atoms with Gasteiger partial charge in [0.15, 0.2) is 0 Å². The van der Waals surface area contributed by atoms with Gasteiger partial charge < -0.3 is 10.6 Å². The largest absolute Gasteiger partial charge is 0.422 e. The molecular formula is C18H11F7N2O2. The number of amides is 2. The van der Waals surface area contributed by atoms with E-state index in [-0.39, 0.29) is 12.1 Å². The van der Waals surface area contributed by atoms with Crippen LogP contribution in [0, 0.1) is 29.2 Å². The van der Waals surface area contributed by atoms with Crippen LogP contribution in [0.5, 0.6) is 0 Å². The van der Waals surface area contributed by atoms with Crippen molar-refractivity contribution in [1.29, 1.82) is 0 Å². The van der Waals surface area contributed by atoms with Gasteiger partial charge in [-0.3, -0.25) is 9.59 Å². The number of alkyl halides is 3. The predicted molar refractivity (Wildman–Crippen MR) is 85.6 cm³/mol. The first-order valence-electron chi connectivity index (χ1n) is 8.09. The summed E-state index contributed by atoms with van der Waals surface area (Å²) in [6.07, 6.45) is -5.27. The summed E-state index contributed by atoms with van der Waals surface area (Å²) in [5.74, 6) is -10.6. The average Bonchev–Trinajstić information content (AvgIpc) is 2.97. The number of carbonyl (C=O) groups is 2. The van der Waals surface area contributed by atoms with Gasteiger partial charge in [-0.05, 0) is 29.8 Å². The Bertz CT molecular complexity index is 968. The van der Waals surface area contributed by atoms with Crippen LogP contribution in [0.2, 0.25) is 0 Å². The van der Waals surface area contributed by atoms with Crippen LogP contribution >= 0.6 is 0 Å². The summed E-state index contributed by atoms with van der Waals surface area (Å²) in [5.41, 5.74) is -2.89. The molecule has 1 heterocycles. The van der Waals surface area contributed by atoms with Crippen molar-refractivity contribution < 1.29 is 40.3 Å². The molecular weight excluding hydrogens is 409 g/mol. The predicted octanol–water partition coefficient (Wildman–Crippen LogP) is 3.73. The third-order valence-electron chi connectivity index (χ3n) is 4.43. The molecule has 1 fully saturated rings. The summed E-state index contributed by atoms with van der Waals surface area (Å²) < 4.78 is 92.6. The van der Waals surface area contributed by atoms with Crippen LogP contribution in [0.3, 0.4) is 0 Å². The number of hydrogen-bond donors (Lipinski definition) is 2. The van der Waals surface area contributed by atoms with E-state index in [1.54, 1.807) is 0 Å². The Kier molecular flexibility index (Phi) is 5.24. The molecule has 1 aliphatic rings. The zero-order valence-corrected chi connectivity index (χ0v) is 14.2. The van der Waals surface area contributed by atoms with Crippen LogP contribution in [0.4, 0.5) is 36.4 Å². The van der Waals surface area contributed by atoms with Crippen molar-refractivity contribution >= 4 is 17.5 Å². The molecule has 2 amide bonds. The van der Waals surface area contributed by atoms with E-state index in [0.29, 0.717) is 18.2 Å². The fourth-order valence-electron chi connectivity index (χ4n) is 3.11. The smallest absolute Gasteiger partial charge is 0.355 e. The maximum absolute atomic E-state index is 13.9. The zero-order valence-electron chi connectivity index (χ0n) is 14.2. The Labute approximate surface area is 158 Å². The molecule has 2 atom stereocenters. The lowest BCUT2D eigenvalue weighted by Crippen LogP contribution is -2.32. The SMILES string of the molecule is O=C1NC[C@H](c2cc(F)c(C(F)(F)F)c(F)c2)[C@H]1C(=O)Nc1ccc(F)cc1F. The summed E-state index contributed by atoms with van der Waals surface area (Å²) in [4.78, 5) is 24.5. The second kappa shape index (κ2) is 7.37. The second-order valence-corrected chi connectivity index (χ2v) is 6.30. The van der Waals surface area contributed by atoms with Crippen molar-refractivity contribution in [3.63, 3.8) is 0 Å². The molecule has 0 saturated carbocycles. The van der Waals surface area contributed by atoms with E-state index in [1.165, 1.54) is 0 Å². The Morgan fingerprint density at radius 2 is 1.62 bits per heavy atom. The van der Waals surface area contributed by atoms with Crippen LogP contribution in [-0.2, 0) is 15.8 Å². The molecule has 3 rings (SSSR count). The number of anilines is 1. The van der Waals surface area contributed by atoms with E-state index >= 15 is 0 Å². The van der Waals surface area contributed by atoms with Crippen molar-refractivity contribution in [3.05, 3.63) is 64.7 Å². The zero-order chi connectivity index (χ0) is 21.5. The lowest BCUT2D eigenvalue weighted by molar-refractivity contribution is -0.142. The van der Waals surface area contributed by atoms with Gasteiger partial charge in [-0.25, -0.2) is 17.6 Å². The van der Waals surface area contributed by atoms with Crippen molar-refractivity contribution in [1.82, 2.24) is 5.32 Å². The standard InChI is InChI=1S/C18H11F7N2O2/c19-8-1-2-13(10(20)5-8)27-17(29)14-9(6-26-16(14)28)7-3-11(21)15(12(22)4-7)18(23,24)25/h1-5,9,14H,6H2,(H,26,28)(H,27,29)/t9-,14-/m1/s1. The summed E-state index contributed by atoms with van der Waals surface area (Å²) in [6, 6.07) is 3.04. The summed E-state index contributed by atoms with van der Waals surface area (Å²) in [5, 5.41) is 4.34. The highest BCUT2D eigenvalue weighted by molar-refractivity contribution is 6.08. The molecule has 0 aromatic heterocycles. The minimum Gasteiger partial charge on any atom is -0.355 e. The van der Waals surface area contributed by atoms with E-state index < -0.39 is 64.3 Å². The van der Waals surface area contributed by atoms with Gasteiger partial charge in [0.1, 0.15) is 34.8 Å². The quantitative estimate of drug-likeness (QED) is 0.588. The van der Waals surface area contributed by atoms with Crippen molar-refractivity contribution in [2.75, 3.05) is 11.9 Å². The minimum atomic E-state index is -5.27. The van der Waals surface area contributed by atoms with Gasteiger partial charge >= 0.3 is 6.18 Å². The molecule has 2 aromatic carbocycles. The second-order valence-electron chi connectivity index (χ2n) is 6.30. The fourth-order valence-corrected chi connectivity index (χ4v) is 3.11. The fraction of sp³-hybridized carbons (Fsp3) is 0.222. The molecule has 4 nitrogen and oxygen atoms in total. The molecule has 0 radical (unpaired) electrons. The number of hydrogen-bond acceptors (Lipinski definition) is 2. The first-order chi connectivity index (χ1) is 13.5.